The van der Waals surface area contributed by atoms with E-state index >= 15 is 0 Å². The predicted molar refractivity (Wildman–Crippen MR) is 157 cm³/mol. The maximum absolute atomic E-state index is 14.5. The molecule has 218 valence electrons. The lowest BCUT2D eigenvalue weighted by molar-refractivity contribution is -0.139. The SMILES string of the molecule is CC(C)[C@H]1N(C(=O)[C@H](COC(C)(C)C)CN2C(=O)c3ccccc3C2=O)C(=O)OC1(c1ccccc1)c1ccccc1. The summed E-state index contributed by atoms with van der Waals surface area (Å²) in [7, 11) is 0. The van der Waals surface area contributed by atoms with Crippen molar-refractivity contribution in [1.82, 2.24) is 9.80 Å². The van der Waals surface area contributed by atoms with E-state index in [-0.39, 0.29) is 19.1 Å². The maximum atomic E-state index is 14.5. The molecule has 0 radical (unpaired) electrons. The molecule has 2 aliphatic heterocycles. The third-order valence-electron chi connectivity index (χ3n) is 7.76. The molecule has 3 aromatic carbocycles. The Hall–Kier alpha value is -4.30. The molecule has 0 bridgehead atoms. The minimum Gasteiger partial charge on any atom is -0.430 e. The van der Waals surface area contributed by atoms with Crippen LogP contribution in [0.3, 0.4) is 0 Å². The fourth-order valence-electron chi connectivity index (χ4n) is 5.91. The van der Waals surface area contributed by atoms with E-state index in [4.69, 9.17) is 9.47 Å². The molecule has 0 spiro atoms. The molecule has 4 amide bonds. The summed E-state index contributed by atoms with van der Waals surface area (Å²) in [5, 5.41) is 0. The summed E-state index contributed by atoms with van der Waals surface area (Å²) >= 11 is 0. The minimum atomic E-state index is -1.27. The molecule has 1 saturated heterocycles. The first kappa shape index (κ1) is 29.2. The standard InChI is InChI=1S/C34H36N2O6/c1-22(2)28-34(24-14-8-6-9-15-24,25-16-10-7-11-17-25)42-32(40)36(28)29(37)23(21-41-33(3,4)5)20-35-30(38)26-18-12-13-19-27(26)31(35)39/h6-19,22-23,28H,20-21H2,1-5H3/t23-,28+/m0/s1. The molecule has 0 aliphatic carbocycles. The van der Waals surface area contributed by atoms with E-state index in [1.807, 2.05) is 95.3 Å². The number of ether oxygens (including phenoxy) is 2. The van der Waals surface area contributed by atoms with Crippen LogP contribution in [0.5, 0.6) is 0 Å². The number of imide groups is 2. The Morgan fingerprint density at radius 3 is 1.76 bits per heavy atom. The molecule has 42 heavy (non-hydrogen) atoms. The van der Waals surface area contributed by atoms with Gasteiger partial charge in [-0.25, -0.2) is 9.69 Å². The molecule has 3 aromatic rings. The zero-order valence-corrected chi connectivity index (χ0v) is 24.6. The van der Waals surface area contributed by atoms with Gasteiger partial charge in [0.15, 0.2) is 5.60 Å². The first-order valence-corrected chi connectivity index (χ1v) is 14.2. The average Bonchev–Trinajstić information content (AvgIpc) is 3.42. The molecule has 1 fully saturated rings. The lowest BCUT2D eigenvalue weighted by Gasteiger charge is -2.38. The van der Waals surface area contributed by atoms with Crippen LogP contribution in [0, 0.1) is 11.8 Å². The molecule has 0 N–H and O–H groups in total. The lowest BCUT2D eigenvalue weighted by Crippen LogP contribution is -2.53. The van der Waals surface area contributed by atoms with Crippen LogP contribution in [0.4, 0.5) is 4.79 Å². The highest BCUT2D eigenvalue weighted by atomic mass is 16.6. The van der Waals surface area contributed by atoms with Gasteiger partial charge in [0.05, 0.1) is 35.3 Å². The Kier molecular flexibility index (Phi) is 7.77. The van der Waals surface area contributed by atoms with Crippen molar-refractivity contribution >= 4 is 23.8 Å². The Labute approximate surface area is 246 Å². The second-order valence-electron chi connectivity index (χ2n) is 12.1. The number of carbonyl (C=O) groups excluding carboxylic acids is 4. The van der Waals surface area contributed by atoms with E-state index in [0.29, 0.717) is 11.1 Å². The maximum Gasteiger partial charge on any atom is 0.418 e. The Balaban J connectivity index is 1.56. The van der Waals surface area contributed by atoms with Gasteiger partial charge >= 0.3 is 6.09 Å². The smallest absolute Gasteiger partial charge is 0.418 e. The van der Waals surface area contributed by atoms with Gasteiger partial charge in [-0.2, -0.15) is 0 Å². The zero-order valence-electron chi connectivity index (χ0n) is 24.6. The second kappa shape index (κ2) is 11.2. The van der Waals surface area contributed by atoms with Crippen LogP contribution in [-0.4, -0.2) is 58.4 Å². The fourth-order valence-corrected chi connectivity index (χ4v) is 5.91. The van der Waals surface area contributed by atoms with Gasteiger partial charge in [-0.3, -0.25) is 19.3 Å². The highest BCUT2D eigenvalue weighted by Gasteiger charge is 2.60. The summed E-state index contributed by atoms with van der Waals surface area (Å²) in [6, 6.07) is 24.7. The highest BCUT2D eigenvalue weighted by molar-refractivity contribution is 6.21. The molecule has 5 rings (SSSR count). The Morgan fingerprint density at radius 2 is 1.31 bits per heavy atom. The monoisotopic (exact) mass is 568 g/mol. The molecule has 0 saturated carbocycles. The van der Waals surface area contributed by atoms with Crippen molar-refractivity contribution in [3.8, 4) is 0 Å². The first-order valence-electron chi connectivity index (χ1n) is 14.2. The number of cyclic esters (lactones) is 1. The molecule has 0 unspecified atom stereocenters. The number of hydrogen-bond donors (Lipinski definition) is 0. The van der Waals surface area contributed by atoms with E-state index in [1.165, 1.54) is 4.90 Å². The second-order valence-corrected chi connectivity index (χ2v) is 12.1. The summed E-state index contributed by atoms with van der Waals surface area (Å²) in [5.41, 5.74) is 0.176. The third kappa shape index (κ3) is 5.11. The normalized spacial score (nSPS) is 18.8. The van der Waals surface area contributed by atoms with Crippen molar-refractivity contribution in [2.24, 2.45) is 11.8 Å². The van der Waals surface area contributed by atoms with Gasteiger partial charge in [0.2, 0.25) is 5.91 Å². The van der Waals surface area contributed by atoms with Crippen molar-refractivity contribution in [3.05, 3.63) is 107 Å². The van der Waals surface area contributed by atoms with Crippen molar-refractivity contribution in [2.45, 2.75) is 51.9 Å². The van der Waals surface area contributed by atoms with E-state index in [9.17, 15) is 19.2 Å². The highest BCUT2D eigenvalue weighted by Crippen LogP contribution is 2.47. The van der Waals surface area contributed by atoms with Crippen molar-refractivity contribution in [1.29, 1.82) is 0 Å². The van der Waals surface area contributed by atoms with E-state index in [1.54, 1.807) is 24.3 Å². The Morgan fingerprint density at radius 1 is 0.833 bits per heavy atom. The van der Waals surface area contributed by atoms with Crippen molar-refractivity contribution < 1.29 is 28.7 Å². The van der Waals surface area contributed by atoms with Crippen LogP contribution in [0.25, 0.3) is 0 Å². The van der Waals surface area contributed by atoms with Gasteiger partial charge in [-0.1, -0.05) is 86.6 Å². The number of hydrogen-bond acceptors (Lipinski definition) is 6. The number of carbonyl (C=O) groups is 4. The minimum absolute atomic E-state index is 0.103. The Bertz CT molecular complexity index is 1420. The first-order chi connectivity index (χ1) is 20.0. The predicted octanol–water partition coefficient (Wildman–Crippen LogP) is 5.66. The molecule has 8 heteroatoms. The number of amides is 4. The summed E-state index contributed by atoms with van der Waals surface area (Å²) in [6.07, 6.45) is -0.783. The number of fused-ring (bicyclic) bond motifs is 1. The summed E-state index contributed by atoms with van der Waals surface area (Å²) in [5.74, 6) is -2.74. The molecule has 8 nitrogen and oxygen atoms in total. The van der Waals surface area contributed by atoms with Crippen LogP contribution in [0.1, 0.15) is 66.5 Å². The van der Waals surface area contributed by atoms with Gasteiger partial charge in [-0.15, -0.1) is 0 Å². The number of rotatable bonds is 8. The van der Waals surface area contributed by atoms with Crippen LogP contribution in [-0.2, 0) is 19.9 Å². The van der Waals surface area contributed by atoms with Crippen LogP contribution in [0.15, 0.2) is 84.9 Å². The van der Waals surface area contributed by atoms with Crippen molar-refractivity contribution in [3.63, 3.8) is 0 Å². The topological polar surface area (TPSA) is 93.2 Å². The largest absolute Gasteiger partial charge is 0.430 e. The van der Waals surface area contributed by atoms with Gasteiger partial charge < -0.3 is 9.47 Å². The molecule has 2 aliphatic rings. The summed E-state index contributed by atoms with van der Waals surface area (Å²) < 4.78 is 12.3. The van der Waals surface area contributed by atoms with Crippen LogP contribution >= 0.6 is 0 Å². The van der Waals surface area contributed by atoms with Gasteiger partial charge in [0.1, 0.15) is 0 Å². The molecule has 2 heterocycles. The van der Waals surface area contributed by atoms with Crippen LogP contribution < -0.4 is 0 Å². The van der Waals surface area contributed by atoms with E-state index in [2.05, 4.69) is 0 Å². The van der Waals surface area contributed by atoms with Gasteiger partial charge in [0, 0.05) is 17.7 Å². The molecule has 0 aromatic heterocycles. The van der Waals surface area contributed by atoms with Gasteiger partial charge in [0.25, 0.3) is 11.8 Å². The molecular formula is C34H36N2O6. The molecular weight excluding hydrogens is 532 g/mol. The number of benzene rings is 3. The van der Waals surface area contributed by atoms with Crippen LogP contribution in [0.2, 0.25) is 0 Å². The third-order valence-corrected chi connectivity index (χ3v) is 7.76. The average molecular weight is 569 g/mol. The lowest BCUT2D eigenvalue weighted by atomic mass is 9.75. The van der Waals surface area contributed by atoms with E-state index in [0.717, 1.165) is 16.0 Å². The van der Waals surface area contributed by atoms with Gasteiger partial charge in [-0.05, 0) is 38.8 Å². The summed E-state index contributed by atoms with van der Waals surface area (Å²) in [4.78, 5) is 57.1. The molecule has 2 atom stereocenters. The van der Waals surface area contributed by atoms with Crippen molar-refractivity contribution in [2.75, 3.05) is 13.2 Å². The zero-order chi connectivity index (χ0) is 30.2. The quantitative estimate of drug-likeness (QED) is 0.326. The van der Waals surface area contributed by atoms with E-state index < -0.39 is 47.0 Å². The summed E-state index contributed by atoms with van der Waals surface area (Å²) in [6.45, 7) is 9.11. The number of nitrogens with zero attached hydrogens (tertiary/aromatic N) is 2. The fraction of sp³-hybridized carbons (Fsp3) is 0.353.